The molecule has 3 aromatic carbocycles. The van der Waals surface area contributed by atoms with Gasteiger partial charge in [-0.2, -0.15) is 0 Å². The summed E-state index contributed by atoms with van der Waals surface area (Å²) in [6.45, 7) is 1.98. The zero-order chi connectivity index (χ0) is 23.6. The summed E-state index contributed by atoms with van der Waals surface area (Å²) in [5.41, 5.74) is 3.45. The molecule has 0 spiro atoms. The number of nitrogens with zero attached hydrogens (tertiary/aromatic N) is 2. The van der Waals surface area contributed by atoms with Gasteiger partial charge in [0.15, 0.2) is 5.58 Å². The number of hydrogen-bond acceptors (Lipinski definition) is 6. The zero-order valence-electron chi connectivity index (χ0n) is 18.3. The fourth-order valence-electron chi connectivity index (χ4n) is 3.15. The number of nitrogens with one attached hydrogen (secondary N) is 1. The Balaban J connectivity index is 1.64. The highest BCUT2D eigenvalue weighted by Gasteiger charge is 2.25. The number of aryl methyl sites for hydroxylation is 1. The van der Waals surface area contributed by atoms with E-state index in [4.69, 9.17) is 4.42 Å². The molecule has 0 radical (unpaired) electrons. The Bertz CT molecular complexity index is 1380. The van der Waals surface area contributed by atoms with Gasteiger partial charge < -0.3 is 9.73 Å². The smallest absolute Gasteiger partial charge is 0.257 e. The lowest BCUT2D eigenvalue weighted by Gasteiger charge is -2.15. The first-order chi connectivity index (χ1) is 15.7. The van der Waals surface area contributed by atoms with E-state index >= 15 is 0 Å². The minimum atomic E-state index is -3.60. The maximum Gasteiger partial charge on any atom is 0.257 e. The van der Waals surface area contributed by atoms with Gasteiger partial charge in [0, 0.05) is 19.8 Å². The van der Waals surface area contributed by atoms with E-state index in [2.05, 4.69) is 10.3 Å². The highest BCUT2D eigenvalue weighted by molar-refractivity contribution is 8.00. The molecule has 1 heterocycles. The topological polar surface area (TPSA) is 92.5 Å². The van der Waals surface area contributed by atoms with Crippen molar-refractivity contribution in [2.24, 2.45) is 0 Å². The lowest BCUT2D eigenvalue weighted by molar-refractivity contribution is -0.115. The Kier molecular flexibility index (Phi) is 6.55. The standard InChI is InChI=1S/C24H23N3O4S2/c1-16-9-11-18(12-10-16)25-23(28)22(17-7-5-4-6-8-17)32-24-26-20-15-19(13-14-21(20)31-24)33(29,30)27(2)3/h4-15,22H,1-3H3,(H,25,28). The molecule has 4 rings (SSSR count). The quantitative estimate of drug-likeness (QED) is 0.379. The van der Waals surface area contributed by atoms with Crippen molar-refractivity contribution < 1.29 is 17.6 Å². The molecule has 1 atom stereocenters. The van der Waals surface area contributed by atoms with Crippen LogP contribution in [-0.2, 0) is 14.8 Å². The van der Waals surface area contributed by atoms with Crippen LogP contribution in [0, 0.1) is 6.92 Å². The average molecular weight is 482 g/mol. The molecule has 0 saturated carbocycles. The van der Waals surface area contributed by atoms with Crippen LogP contribution in [0.5, 0.6) is 0 Å². The molecule has 0 saturated heterocycles. The number of rotatable bonds is 7. The molecular weight excluding hydrogens is 458 g/mol. The Labute approximate surface area is 196 Å². The normalized spacial score (nSPS) is 12.7. The van der Waals surface area contributed by atoms with Crippen LogP contribution in [0.2, 0.25) is 0 Å². The molecule has 0 bridgehead atoms. The molecule has 7 nitrogen and oxygen atoms in total. The molecule has 170 valence electrons. The monoisotopic (exact) mass is 481 g/mol. The van der Waals surface area contributed by atoms with E-state index in [1.807, 2.05) is 61.5 Å². The SMILES string of the molecule is Cc1ccc(NC(=O)C(Sc2nc3cc(S(=O)(=O)N(C)C)ccc3o2)c2ccccc2)cc1. The first-order valence-corrected chi connectivity index (χ1v) is 12.5. The van der Waals surface area contributed by atoms with E-state index in [1.54, 1.807) is 6.07 Å². The largest absolute Gasteiger partial charge is 0.431 e. The van der Waals surface area contributed by atoms with Gasteiger partial charge in [0.25, 0.3) is 5.22 Å². The molecule has 0 aliphatic carbocycles. The van der Waals surface area contributed by atoms with Crippen LogP contribution < -0.4 is 5.32 Å². The summed E-state index contributed by atoms with van der Waals surface area (Å²) >= 11 is 1.17. The molecular formula is C24H23N3O4S2. The van der Waals surface area contributed by atoms with Crippen LogP contribution in [0.1, 0.15) is 16.4 Å². The summed E-state index contributed by atoms with van der Waals surface area (Å²) in [6, 6.07) is 21.5. The molecule has 0 aliphatic heterocycles. The molecule has 4 aromatic rings. The number of fused-ring (bicyclic) bond motifs is 1. The number of oxazole rings is 1. The summed E-state index contributed by atoms with van der Waals surface area (Å²) in [7, 11) is -0.650. The molecule has 1 aromatic heterocycles. The van der Waals surface area contributed by atoms with Crippen LogP contribution in [0.4, 0.5) is 5.69 Å². The summed E-state index contributed by atoms with van der Waals surface area (Å²) in [5.74, 6) is -0.215. The van der Waals surface area contributed by atoms with Gasteiger partial charge in [0.05, 0.1) is 4.90 Å². The molecule has 0 aliphatic rings. The van der Waals surface area contributed by atoms with Crippen molar-refractivity contribution in [3.63, 3.8) is 0 Å². The van der Waals surface area contributed by atoms with Crippen LogP contribution in [0.25, 0.3) is 11.1 Å². The minimum absolute atomic E-state index is 0.126. The van der Waals surface area contributed by atoms with Crippen LogP contribution in [-0.4, -0.2) is 37.7 Å². The first kappa shape index (κ1) is 23.0. The Morgan fingerprint density at radius 2 is 1.73 bits per heavy atom. The van der Waals surface area contributed by atoms with E-state index in [-0.39, 0.29) is 16.0 Å². The first-order valence-electron chi connectivity index (χ1n) is 10.2. The van der Waals surface area contributed by atoms with E-state index in [0.717, 1.165) is 15.4 Å². The van der Waals surface area contributed by atoms with E-state index < -0.39 is 15.3 Å². The van der Waals surface area contributed by atoms with Crippen molar-refractivity contribution in [1.82, 2.24) is 9.29 Å². The summed E-state index contributed by atoms with van der Waals surface area (Å²) < 4.78 is 31.8. The van der Waals surface area contributed by atoms with Crippen molar-refractivity contribution >= 4 is 44.5 Å². The van der Waals surface area contributed by atoms with Gasteiger partial charge in [0.1, 0.15) is 10.8 Å². The molecule has 1 amide bonds. The lowest BCUT2D eigenvalue weighted by atomic mass is 10.1. The Hall–Kier alpha value is -3.14. The number of aromatic nitrogens is 1. The van der Waals surface area contributed by atoms with Crippen molar-refractivity contribution in [3.05, 3.63) is 83.9 Å². The highest BCUT2D eigenvalue weighted by Crippen LogP contribution is 2.37. The summed E-state index contributed by atoms with van der Waals surface area (Å²) in [6.07, 6.45) is 0. The summed E-state index contributed by atoms with van der Waals surface area (Å²) in [5, 5.41) is 2.60. The second kappa shape index (κ2) is 9.38. The van der Waals surface area contributed by atoms with Gasteiger partial charge >= 0.3 is 0 Å². The third-order valence-electron chi connectivity index (χ3n) is 5.00. The zero-order valence-corrected chi connectivity index (χ0v) is 20.0. The number of carbonyl (C=O) groups is 1. The lowest BCUT2D eigenvalue weighted by Crippen LogP contribution is -2.22. The number of thioether (sulfide) groups is 1. The van der Waals surface area contributed by atoms with Gasteiger partial charge in [-0.15, -0.1) is 0 Å². The maximum absolute atomic E-state index is 13.2. The van der Waals surface area contributed by atoms with Gasteiger partial charge in [-0.25, -0.2) is 17.7 Å². The van der Waals surface area contributed by atoms with E-state index in [9.17, 15) is 13.2 Å². The second-order valence-corrected chi connectivity index (χ2v) is 10.9. The fourth-order valence-corrected chi connectivity index (χ4v) is 5.03. The summed E-state index contributed by atoms with van der Waals surface area (Å²) in [4.78, 5) is 17.8. The second-order valence-electron chi connectivity index (χ2n) is 7.66. The average Bonchev–Trinajstić information content (AvgIpc) is 3.21. The molecule has 0 fully saturated rings. The van der Waals surface area contributed by atoms with Gasteiger partial charge in [-0.1, -0.05) is 48.0 Å². The third kappa shape index (κ3) is 5.11. The van der Waals surface area contributed by atoms with Gasteiger partial charge in [-0.05, 0) is 54.6 Å². The Morgan fingerprint density at radius 3 is 2.39 bits per heavy atom. The van der Waals surface area contributed by atoms with Crippen molar-refractivity contribution in [2.75, 3.05) is 19.4 Å². The predicted octanol–water partition coefficient (Wildman–Crippen LogP) is 4.86. The number of anilines is 1. The van der Waals surface area contributed by atoms with Crippen molar-refractivity contribution in [1.29, 1.82) is 0 Å². The van der Waals surface area contributed by atoms with Crippen molar-refractivity contribution in [2.45, 2.75) is 22.3 Å². The maximum atomic E-state index is 13.2. The predicted molar refractivity (Wildman–Crippen MR) is 130 cm³/mol. The molecule has 1 unspecified atom stereocenters. The molecule has 9 heteroatoms. The van der Waals surface area contributed by atoms with Crippen LogP contribution in [0.3, 0.4) is 0 Å². The van der Waals surface area contributed by atoms with Gasteiger partial charge in [-0.3, -0.25) is 4.79 Å². The fraction of sp³-hybridized carbons (Fsp3) is 0.167. The van der Waals surface area contributed by atoms with Crippen LogP contribution in [0.15, 0.2) is 87.3 Å². The third-order valence-corrected chi connectivity index (χ3v) is 7.91. The van der Waals surface area contributed by atoms with E-state index in [0.29, 0.717) is 16.8 Å². The highest BCUT2D eigenvalue weighted by atomic mass is 32.2. The number of benzene rings is 3. The number of amides is 1. The molecule has 1 N–H and O–H groups in total. The Morgan fingerprint density at radius 1 is 1.03 bits per heavy atom. The van der Waals surface area contributed by atoms with E-state index in [1.165, 1.54) is 38.0 Å². The number of carbonyl (C=O) groups excluding carboxylic acids is 1. The number of hydrogen-bond donors (Lipinski definition) is 1. The molecule has 33 heavy (non-hydrogen) atoms. The van der Waals surface area contributed by atoms with Gasteiger partial charge in [0.2, 0.25) is 15.9 Å². The van der Waals surface area contributed by atoms with Crippen molar-refractivity contribution in [3.8, 4) is 0 Å². The number of sulfonamides is 1. The minimum Gasteiger partial charge on any atom is -0.431 e. The van der Waals surface area contributed by atoms with Crippen LogP contribution >= 0.6 is 11.8 Å².